The first-order valence-corrected chi connectivity index (χ1v) is 16.9. The summed E-state index contributed by atoms with van der Waals surface area (Å²) in [6, 6.07) is 16.2. The van der Waals surface area contributed by atoms with E-state index < -0.39 is 77.8 Å². The molecule has 272 valence electrons. The molecule has 0 aromatic heterocycles. The number of amides is 8. The fourth-order valence-electron chi connectivity index (χ4n) is 5.58. The quantitative estimate of drug-likeness (QED) is 0.161. The number of hydrogen-bond donors (Lipinski definition) is 8. The van der Waals surface area contributed by atoms with Crippen LogP contribution in [0.5, 0.6) is 0 Å². The van der Waals surface area contributed by atoms with Crippen LogP contribution in [0.25, 0.3) is 0 Å². The highest BCUT2D eigenvalue weighted by Gasteiger charge is 2.46. The zero-order valence-electron chi connectivity index (χ0n) is 28.2. The first-order valence-electron chi connectivity index (χ1n) is 16.9. The highest BCUT2D eigenvalue weighted by molar-refractivity contribution is 6.06. The molecule has 2 aliphatic rings. The van der Waals surface area contributed by atoms with E-state index in [1.807, 2.05) is 36.4 Å². The van der Waals surface area contributed by atoms with Gasteiger partial charge >= 0.3 is 0 Å². The van der Waals surface area contributed by atoms with E-state index in [-0.39, 0.29) is 64.7 Å². The third-order valence-corrected chi connectivity index (χ3v) is 8.49. The zero-order valence-corrected chi connectivity index (χ0v) is 28.2. The summed E-state index contributed by atoms with van der Waals surface area (Å²) in [6.45, 7) is -1.78. The third kappa shape index (κ3) is 11.6. The largest absolute Gasteiger partial charge is 0.355 e. The Balaban J connectivity index is 1.51. The fourth-order valence-corrected chi connectivity index (χ4v) is 5.58. The van der Waals surface area contributed by atoms with Gasteiger partial charge < -0.3 is 42.5 Å². The molecule has 0 aliphatic carbocycles. The molecular weight excluding hydrogens is 660 g/mol. The molecule has 0 radical (unpaired) electrons. The first-order chi connectivity index (χ1) is 24.6. The molecule has 0 unspecified atom stereocenters. The molecule has 2 fully saturated rings. The van der Waals surface area contributed by atoms with Crippen LogP contribution < -0.4 is 42.5 Å². The molecule has 1 spiro atoms. The van der Waals surface area contributed by atoms with E-state index >= 15 is 0 Å². The summed E-state index contributed by atoms with van der Waals surface area (Å²) in [5.74, 6) is -5.03. The smallest absolute Gasteiger partial charge is 0.242 e. The Morgan fingerprint density at radius 3 is 1.20 bits per heavy atom. The molecule has 0 saturated carbocycles. The Kier molecular flexibility index (Phi) is 14.0. The van der Waals surface area contributed by atoms with Crippen LogP contribution in [-0.2, 0) is 51.2 Å². The van der Waals surface area contributed by atoms with Gasteiger partial charge in [-0.3, -0.25) is 38.4 Å². The van der Waals surface area contributed by atoms with Crippen LogP contribution in [0.15, 0.2) is 60.7 Å². The van der Waals surface area contributed by atoms with Crippen molar-refractivity contribution in [3.05, 3.63) is 71.8 Å². The van der Waals surface area contributed by atoms with Crippen molar-refractivity contribution in [2.45, 2.75) is 50.6 Å². The van der Waals surface area contributed by atoms with Crippen molar-refractivity contribution >= 4 is 47.3 Å². The Morgan fingerprint density at radius 2 is 0.804 bits per heavy atom. The Bertz CT molecular complexity index is 1470. The minimum absolute atomic E-state index is 0.0972. The standard InChI is InChI=1S/C35H44N8O8/c44-27-11-15-36-31(48)25(19-23-7-3-1-4-8-23)42-29(46)13-17-38-33(50)35(21-40-27)22-41-28(45)12-16-37-32(49)26(20-24-9-5-2-6-10-24)43-30(47)14-18-39-34(35)51/h1-10,25-26H,11-22H2,(H,36,48)(H,37,49)(H,38,50)(H,39,51)(H,40,44)(H,41,45)(H,42,46)(H,43,47)/t25-,26-,35?/m0/s1. The predicted molar refractivity (Wildman–Crippen MR) is 183 cm³/mol. The van der Waals surface area contributed by atoms with Gasteiger partial charge in [0.25, 0.3) is 0 Å². The van der Waals surface area contributed by atoms with Gasteiger partial charge in [-0.2, -0.15) is 0 Å². The van der Waals surface area contributed by atoms with Gasteiger partial charge in [-0.1, -0.05) is 60.7 Å². The van der Waals surface area contributed by atoms with Crippen molar-refractivity contribution in [1.29, 1.82) is 0 Å². The fraction of sp³-hybridized carbons (Fsp3) is 0.429. The number of benzene rings is 2. The SMILES string of the molecule is O=C1CCNC(=O)[C@H](Cc2ccccc2)NC(=O)CCNC(=O)C2(CN1)CNC(=O)CCNC(=O)[C@H](Cc1ccccc1)NC(=O)CCNC2=O. The maximum atomic E-state index is 13.8. The van der Waals surface area contributed by atoms with E-state index in [9.17, 15) is 38.4 Å². The lowest BCUT2D eigenvalue weighted by Crippen LogP contribution is -2.62. The van der Waals surface area contributed by atoms with Gasteiger partial charge in [0.2, 0.25) is 47.3 Å². The molecule has 2 heterocycles. The Hall–Kier alpha value is -5.80. The summed E-state index contributed by atoms with van der Waals surface area (Å²) in [5.41, 5.74) is -0.502. The van der Waals surface area contributed by atoms with Crippen LogP contribution in [0.3, 0.4) is 0 Å². The molecule has 2 saturated heterocycles. The molecule has 16 nitrogen and oxygen atoms in total. The van der Waals surface area contributed by atoms with E-state index in [1.54, 1.807) is 24.3 Å². The van der Waals surface area contributed by atoms with Crippen molar-refractivity contribution in [3.8, 4) is 0 Å². The second-order valence-electron chi connectivity index (χ2n) is 12.3. The predicted octanol–water partition coefficient (Wildman–Crippen LogP) is -2.29. The van der Waals surface area contributed by atoms with Gasteiger partial charge in [0.15, 0.2) is 5.41 Å². The van der Waals surface area contributed by atoms with Gasteiger partial charge in [-0.15, -0.1) is 0 Å². The molecule has 8 N–H and O–H groups in total. The van der Waals surface area contributed by atoms with Crippen LogP contribution in [0.2, 0.25) is 0 Å². The van der Waals surface area contributed by atoms with Crippen LogP contribution >= 0.6 is 0 Å². The minimum Gasteiger partial charge on any atom is -0.355 e. The summed E-state index contributed by atoms with van der Waals surface area (Å²) in [7, 11) is 0. The molecule has 51 heavy (non-hydrogen) atoms. The maximum Gasteiger partial charge on any atom is 0.242 e. The Morgan fingerprint density at radius 1 is 0.451 bits per heavy atom. The molecule has 4 rings (SSSR count). The molecular formula is C35H44N8O8. The van der Waals surface area contributed by atoms with Crippen molar-refractivity contribution in [3.63, 3.8) is 0 Å². The van der Waals surface area contributed by atoms with E-state index in [2.05, 4.69) is 42.5 Å². The number of carbonyl (C=O) groups excluding carboxylic acids is 8. The van der Waals surface area contributed by atoms with Gasteiger partial charge in [-0.25, -0.2) is 0 Å². The van der Waals surface area contributed by atoms with Gasteiger partial charge in [-0.05, 0) is 11.1 Å². The van der Waals surface area contributed by atoms with E-state index in [1.165, 1.54) is 0 Å². The average molecular weight is 705 g/mol. The number of hydrogen-bond acceptors (Lipinski definition) is 8. The molecule has 16 heteroatoms. The highest BCUT2D eigenvalue weighted by atomic mass is 16.2. The molecule has 2 atom stereocenters. The second-order valence-corrected chi connectivity index (χ2v) is 12.3. The van der Waals surface area contributed by atoms with Crippen LogP contribution in [0.4, 0.5) is 0 Å². The summed E-state index contributed by atoms with van der Waals surface area (Å²) >= 11 is 0. The zero-order chi connectivity index (χ0) is 36.6. The van der Waals surface area contributed by atoms with Crippen molar-refractivity contribution in [1.82, 2.24) is 42.5 Å². The maximum absolute atomic E-state index is 13.8. The topological polar surface area (TPSA) is 233 Å². The van der Waals surface area contributed by atoms with Gasteiger partial charge in [0.1, 0.15) is 12.1 Å². The molecule has 0 bridgehead atoms. The van der Waals surface area contributed by atoms with Crippen LogP contribution in [0, 0.1) is 5.41 Å². The van der Waals surface area contributed by atoms with Gasteiger partial charge in [0.05, 0.1) is 0 Å². The number of nitrogens with one attached hydrogen (secondary N) is 8. The second kappa shape index (κ2) is 18.8. The van der Waals surface area contributed by atoms with Crippen molar-refractivity contribution < 1.29 is 38.4 Å². The summed E-state index contributed by atoms with van der Waals surface area (Å²) < 4.78 is 0. The first kappa shape index (κ1) is 38.0. The summed E-state index contributed by atoms with van der Waals surface area (Å²) in [4.78, 5) is 105. The van der Waals surface area contributed by atoms with Crippen molar-refractivity contribution in [2.75, 3.05) is 39.3 Å². The monoisotopic (exact) mass is 704 g/mol. The molecule has 2 aromatic carbocycles. The minimum atomic E-state index is -2.10. The lowest BCUT2D eigenvalue weighted by atomic mass is 9.84. The number of carbonyl (C=O) groups is 8. The van der Waals surface area contributed by atoms with Crippen molar-refractivity contribution in [2.24, 2.45) is 5.41 Å². The number of rotatable bonds is 4. The highest BCUT2D eigenvalue weighted by Crippen LogP contribution is 2.18. The van der Waals surface area contributed by atoms with E-state index in [0.29, 0.717) is 0 Å². The average Bonchev–Trinajstić information content (AvgIpc) is 3.11. The Labute approximate surface area is 295 Å². The van der Waals surface area contributed by atoms with Crippen LogP contribution in [-0.4, -0.2) is 98.6 Å². The molecule has 2 aromatic rings. The normalized spacial score (nSPS) is 22.0. The lowest BCUT2D eigenvalue weighted by Gasteiger charge is -2.31. The summed E-state index contributed by atoms with van der Waals surface area (Å²) in [6.07, 6.45) is -0.541. The van der Waals surface area contributed by atoms with Crippen LogP contribution in [0.1, 0.15) is 36.8 Å². The van der Waals surface area contributed by atoms with E-state index in [0.717, 1.165) is 11.1 Å². The molecule has 2 aliphatic heterocycles. The molecule has 8 amide bonds. The lowest BCUT2D eigenvalue weighted by molar-refractivity contribution is -0.143. The van der Waals surface area contributed by atoms with Gasteiger partial charge in [0, 0.05) is 77.8 Å². The third-order valence-electron chi connectivity index (χ3n) is 8.49. The summed E-state index contributed by atoms with van der Waals surface area (Å²) in [5, 5.41) is 20.9. The van der Waals surface area contributed by atoms with E-state index in [4.69, 9.17) is 0 Å².